The first-order chi connectivity index (χ1) is 11.5. The summed E-state index contributed by atoms with van der Waals surface area (Å²) in [5.74, 6) is 0.629. The largest absolute Gasteiger partial charge is 0.494 e. The number of amides is 1. The number of nitrogens with one attached hydrogen (secondary N) is 1. The molecule has 0 aliphatic rings. The van der Waals surface area contributed by atoms with E-state index in [0.29, 0.717) is 30.9 Å². The number of hydrogen-bond donors (Lipinski definition) is 1. The van der Waals surface area contributed by atoms with Crippen LogP contribution in [0.15, 0.2) is 18.2 Å². The first-order valence-corrected chi connectivity index (χ1v) is 9.92. The Bertz CT molecular complexity index is 679. The van der Waals surface area contributed by atoms with Crippen molar-refractivity contribution in [2.45, 2.75) is 46.1 Å². The van der Waals surface area contributed by atoms with Crippen LogP contribution in [0.2, 0.25) is 0 Å². The topological polar surface area (TPSA) is 90.9 Å². The van der Waals surface area contributed by atoms with Crippen molar-refractivity contribution in [1.29, 1.82) is 0 Å². The second kappa shape index (κ2) is 9.05. The highest BCUT2D eigenvalue weighted by Gasteiger charge is 2.17. The summed E-state index contributed by atoms with van der Waals surface area (Å²) in [4.78, 5) is 12.0. The Balaban J connectivity index is 2.82. The van der Waals surface area contributed by atoms with Crippen molar-refractivity contribution in [3.63, 3.8) is 0 Å². The zero-order valence-corrected chi connectivity index (χ0v) is 16.2. The van der Waals surface area contributed by atoms with Gasteiger partial charge in [0.15, 0.2) is 0 Å². The van der Waals surface area contributed by atoms with Crippen molar-refractivity contribution in [3.8, 4) is 5.75 Å². The molecular weight excluding hydrogens is 346 g/mol. The molecule has 0 unspecified atom stereocenters. The van der Waals surface area contributed by atoms with Gasteiger partial charge in [-0.15, -0.1) is 0 Å². The van der Waals surface area contributed by atoms with Crippen LogP contribution in [0.3, 0.4) is 0 Å². The molecule has 0 aliphatic heterocycles. The summed E-state index contributed by atoms with van der Waals surface area (Å²) in [5, 5.41) is 2.72. The molecule has 1 amide bonds. The van der Waals surface area contributed by atoms with E-state index in [0.717, 1.165) is 11.8 Å². The molecule has 1 aromatic rings. The van der Waals surface area contributed by atoms with Gasteiger partial charge in [-0.3, -0.25) is 9.50 Å². The maximum atomic E-state index is 12.0. The highest BCUT2D eigenvalue weighted by molar-refractivity contribution is 7.85. The second-order valence-electron chi connectivity index (χ2n) is 6.51. The van der Waals surface area contributed by atoms with Crippen LogP contribution in [-0.2, 0) is 25.5 Å². The normalized spacial score (nSPS) is 11.9. The number of anilines is 1. The molecule has 1 aromatic carbocycles. The minimum Gasteiger partial charge on any atom is -0.494 e. The lowest BCUT2D eigenvalue weighted by atomic mass is 10.1. The van der Waals surface area contributed by atoms with Crippen molar-refractivity contribution in [3.05, 3.63) is 23.8 Å². The van der Waals surface area contributed by atoms with E-state index >= 15 is 0 Å². The Hall–Kier alpha value is -1.80. The van der Waals surface area contributed by atoms with E-state index in [1.54, 1.807) is 32.9 Å². The number of carbonyl (C=O) groups is 1. The van der Waals surface area contributed by atoms with Crippen molar-refractivity contribution in [2.24, 2.45) is 0 Å². The molecule has 0 fully saturated rings. The minimum atomic E-state index is -3.45. The maximum absolute atomic E-state index is 12.0. The molecule has 0 spiro atoms. The van der Waals surface area contributed by atoms with Crippen molar-refractivity contribution >= 4 is 21.9 Å². The van der Waals surface area contributed by atoms with Crippen LogP contribution in [0.4, 0.5) is 10.5 Å². The van der Waals surface area contributed by atoms with Crippen LogP contribution in [0.25, 0.3) is 0 Å². The molecule has 0 heterocycles. The molecule has 0 aliphatic carbocycles. The lowest BCUT2D eigenvalue weighted by Crippen LogP contribution is -2.27. The van der Waals surface area contributed by atoms with Crippen LogP contribution < -0.4 is 10.1 Å². The van der Waals surface area contributed by atoms with E-state index in [2.05, 4.69) is 5.32 Å². The molecular formula is C17H27NO6S. The van der Waals surface area contributed by atoms with Gasteiger partial charge >= 0.3 is 6.09 Å². The number of hydrogen-bond acceptors (Lipinski definition) is 6. The fourth-order valence-corrected chi connectivity index (χ4v) is 2.45. The predicted molar refractivity (Wildman–Crippen MR) is 96.6 cm³/mol. The molecule has 1 rings (SSSR count). The van der Waals surface area contributed by atoms with Crippen LogP contribution in [0.1, 0.15) is 39.7 Å². The number of ether oxygens (including phenoxy) is 2. The third kappa shape index (κ3) is 9.31. The van der Waals surface area contributed by atoms with Gasteiger partial charge in [0.1, 0.15) is 11.4 Å². The molecule has 142 valence electrons. The van der Waals surface area contributed by atoms with E-state index in [1.165, 1.54) is 0 Å². The fraction of sp³-hybridized carbons (Fsp3) is 0.588. The number of rotatable bonds is 8. The monoisotopic (exact) mass is 373 g/mol. The lowest BCUT2D eigenvalue weighted by Gasteiger charge is -2.21. The molecule has 8 heteroatoms. The summed E-state index contributed by atoms with van der Waals surface area (Å²) in [7, 11) is -3.45. The van der Waals surface area contributed by atoms with Crippen LogP contribution in [0.5, 0.6) is 5.75 Å². The van der Waals surface area contributed by atoms with E-state index in [4.69, 9.17) is 13.7 Å². The molecule has 0 radical (unpaired) electrons. The van der Waals surface area contributed by atoms with Crippen molar-refractivity contribution in [1.82, 2.24) is 0 Å². The van der Waals surface area contributed by atoms with Crippen molar-refractivity contribution in [2.75, 3.05) is 24.8 Å². The minimum absolute atomic E-state index is 0.0813. The summed E-state index contributed by atoms with van der Waals surface area (Å²) in [6.07, 6.45) is 1.48. The van der Waals surface area contributed by atoms with E-state index < -0.39 is 21.8 Å². The van der Waals surface area contributed by atoms with Crippen LogP contribution in [0, 0.1) is 0 Å². The van der Waals surface area contributed by atoms with Gasteiger partial charge < -0.3 is 9.47 Å². The van der Waals surface area contributed by atoms with Gasteiger partial charge in [0.25, 0.3) is 10.1 Å². The molecule has 7 nitrogen and oxygen atoms in total. The van der Waals surface area contributed by atoms with Gasteiger partial charge in [0.05, 0.1) is 25.2 Å². The Morgan fingerprint density at radius 1 is 1.24 bits per heavy atom. The number of aryl methyl sites for hydroxylation is 1. The third-order valence-corrected chi connectivity index (χ3v) is 3.51. The van der Waals surface area contributed by atoms with Gasteiger partial charge in [0, 0.05) is 6.07 Å². The average molecular weight is 373 g/mol. The first-order valence-electron chi connectivity index (χ1n) is 8.10. The van der Waals surface area contributed by atoms with Gasteiger partial charge in [-0.2, -0.15) is 8.42 Å². The van der Waals surface area contributed by atoms with E-state index in [-0.39, 0.29) is 6.61 Å². The second-order valence-corrected chi connectivity index (χ2v) is 8.15. The maximum Gasteiger partial charge on any atom is 0.412 e. The highest BCUT2D eigenvalue weighted by atomic mass is 32.2. The molecule has 0 saturated carbocycles. The molecule has 1 N–H and O–H groups in total. The average Bonchev–Trinajstić information content (AvgIpc) is 2.42. The fourth-order valence-electron chi connectivity index (χ4n) is 2.03. The SMILES string of the molecule is CCOc1ccc(CCCOS(C)(=O)=O)c(NC(=O)OC(C)(C)C)c1. The molecule has 0 saturated heterocycles. The zero-order valence-electron chi connectivity index (χ0n) is 15.4. The van der Waals surface area contributed by atoms with Gasteiger partial charge in [0.2, 0.25) is 0 Å². The number of benzene rings is 1. The summed E-state index contributed by atoms with van der Waals surface area (Å²) in [5.41, 5.74) is 0.802. The molecule has 0 atom stereocenters. The first kappa shape index (κ1) is 21.2. The Morgan fingerprint density at radius 2 is 1.92 bits per heavy atom. The van der Waals surface area contributed by atoms with Gasteiger partial charge in [-0.25, -0.2) is 4.79 Å². The Morgan fingerprint density at radius 3 is 2.48 bits per heavy atom. The van der Waals surface area contributed by atoms with Crippen LogP contribution in [-0.4, -0.2) is 39.6 Å². The van der Waals surface area contributed by atoms with E-state index in [9.17, 15) is 13.2 Å². The van der Waals surface area contributed by atoms with Crippen LogP contribution >= 0.6 is 0 Å². The smallest absolute Gasteiger partial charge is 0.412 e. The summed E-state index contributed by atoms with van der Waals surface area (Å²) in [6, 6.07) is 5.36. The number of carbonyl (C=O) groups excluding carboxylic acids is 1. The summed E-state index contributed by atoms with van der Waals surface area (Å²) < 4.78 is 37.5. The molecule has 0 aromatic heterocycles. The van der Waals surface area contributed by atoms with Gasteiger partial charge in [-0.1, -0.05) is 6.07 Å². The quantitative estimate of drug-likeness (QED) is 0.555. The Kier molecular flexibility index (Phi) is 7.69. The zero-order chi connectivity index (χ0) is 19.1. The van der Waals surface area contributed by atoms with Crippen molar-refractivity contribution < 1.29 is 26.9 Å². The summed E-state index contributed by atoms with van der Waals surface area (Å²) in [6.45, 7) is 7.81. The predicted octanol–water partition coefficient (Wildman–Crippen LogP) is 3.34. The molecule has 25 heavy (non-hydrogen) atoms. The Labute approximate surface area is 149 Å². The van der Waals surface area contributed by atoms with Gasteiger partial charge in [-0.05, 0) is 52.2 Å². The highest BCUT2D eigenvalue weighted by Crippen LogP contribution is 2.25. The summed E-state index contributed by atoms with van der Waals surface area (Å²) >= 11 is 0. The lowest BCUT2D eigenvalue weighted by molar-refractivity contribution is 0.0635. The van der Waals surface area contributed by atoms with E-state index in [1.807, 2.05) is 13.0 Å². The third-order valence-electron chi connectivity index (χ3n) is 2.92. The standard InChI is InChI=1S/C17H27NO6S/c1-6-22-14-10-9-13(8-7-11-23-25(5,20)21)15(12-14)18-16(19)24-17(2,3)4/h9-10,12H,6-8,11H2,1-5H3,(H,18,19). The molecule has 0 bridgehead atoms.